The molecule has 1 amide bonds. The van der Waals surface area contributed by atoms with Gasteiger partial charge in [0.1, 0.15) is 0 Å². The van der Waals surface area contributed by atoms with Crippen LogP contribution in [0.2, 0.25) is 0 Å². The third-order valence-electron chi connectivity index (χ3n) is 1.39. The van der Waals surface area contributed by atoms with Crippen LogP contribution < -0.4 is 5.32 Å². The topological polar surface area (TPSA) is 53.0 Å². The Morgan fingerprint density at radius 1 is 1.64 bits per heavy atom. The van der Waals surface area contributed by atoms with Gasteiger partial charge in [-0.2, -0.15) is 0 Å². The molecule has 3 heteroatoms. The van der Waals surface area contributed by atoms with Gasteiger partial charge in [-0.05, 0) is 18.9 Å². The van der Waals surface area contributed by atoms with E-state index >= 15 is 0 Å². The first-order chi connectivity index (χ1) is 5.33. The molecule has 0 atom stereocenters. The highest BCUT2D eigenvalue weighted by atomic mass is 16.1. The summed E-state index contributed by atoms with van der Waals surface area (Å²) in [6.07, 6.45) is 8.56. The summed E-state index contributed by atoms with van der Waals surface area (Å²) in [6.45, 7) is 0. The van der Waals surface area contributed by atoms with E-state index in [4.69, 9.17) is 5.41 Å². The normalized spacial score (nSPS) is 15.5. The van der Waals surface area contributed by atoms with Crippen LogP contribution in [0.1, 0.15) is 12.8 Å². The monoisotopic (exact) mass is 150 g/mol. The van der Waals surface area contributed by atoms with Gasteiger partial charge in [0.2, 0.25) is 0 Å². The van der Waals surface area contributed by atoms with Crippen molar-refractivity contribution >= 4 is 12.1 Å². The summed E-state index contributed by atoms with van der Waals surface area (Å²) in [6, 6.07) is 0. The molecule has 1 aliphatic carbocycles. The third-order valence-corrected chi connectivity index (χ3v) is 1.39. The van der Waals surface area contributed by atoms with E-state index in [0.717, 1.165) is 24.8 Å². The average molecular weight is 150 g/mol. The van der Waals surface area contributed by atoms with Crippen molar-refractivity contribution in [3.63, 3.8) is 0 Å². The van der Waals surface area contributed by atoms with Crippen molar-refractivity contribution in [3.05, 3.63) is 23.9 Å². The number of amides is 1. The molecule has 1 aliphatic rings. The minimum atomic E-state index is -0.372. The number of hydrogen-bond acceptors (Lipinski definition) is 2. The molecule has 0 bridgehead atoms. The second kappa shape index (κ2) is 3.71. The first-order valence-electron chi connectivity index (χ1n) is 3.51. The highest BCUT2D eigenvalue weighted by molar-refractivity contribution is 6.25. The SMILES string of the molecule is N=CC(=O)NC1=CCCC=C1. The lowest BCUT2D eigenvalue weighted by Crippen LogP contribution is -2.22. The first kappa shape index (κ1) is 7.72. The van der Waals surface area contributed by atoms with E-state index in [0.29, 0.717) is 0 Å². The average Bonchev–Trinajstić information content (AvgIpc) is 2.06. The second-order valence-electron chi connectivity index (χ2n) is 2.27. The number of carbonyl (C=O) groups excluding carboxylic acids is 1. The maximum absolute atomic E-state index is 10.7. The zero-order valence-electron chi connectivity index (χ0n) is 6.13. The lowest BCUT2D eigenvalue weighted by Gasteiger charge is -2.05. The number of rotatable bonds is 2. The summed E-state index contributed by atoms with van der Waals surface area (Å²) in [4.78, 5) is 10.7. The molecular weight excluding hydrogens is 140 g/mol. The lowest BCUT2D eigenvalue weighted by molar-refractivity contribution is -0.113. The molecule has 0 aromatic rings. The summed E-state index contributed by atoms with van der Waals surface area (Å²) in [7, 11) is 0. The third kappa shape index (κ3) is 2.37. The molecule has 0 heterocycles. The molecule has 58 valence electrons. The van der Waals surface area contributed by atoms with Crippen LogP contribution >= 0.6 is 0 Å². The van der Waals surface area contributed by atoms with Gasteiger partial charge in [0.15, 0.2) is 0 Å². The number of allylic oxidation sites excluding steroid dienone is 3. The van der Waals surface area contributed by atoms with Crippen LogP contribution in [-0.2, 0) is 4.79 Å². The van der Waals surface area contributed by atoms with Crippen molar-refractivity contribution in [1.82, 2.24) is 5.32 Å². The molecule has 0 radical (unpaired) electrons. The van der Waals surface area contributed by atoms with Gasteiger partial charge in [-0.15, -0.1) is 0 Å². The molecule has 1 rings (SSSR count). The highest BCUT2D eigenvalue weighted by Crippen LogP contribution is 2.05. The van der Waals surface area contributed by atoms with Gasteiger partial charge in [-0.1, -0.05) is 12.2 Å². The van der Waals surface area contributed by atoms with Crippen molar-refractivity contribution in [2.24, 2.45) is 0 Å². The van der Waals surface area contributed by atoms with Gasteiger partial charge in [0, 0.05) is 5.70 Å². The minimum absolute atomic E-state index is 0.372. The van der Waals surface area contributed by atoms with E-state index in [9.17, 15) is 4.79 Å². The fraction of sp³-hybridized carbons (Fsp3) is 0.250. The van der Waals surface area contributed by atoms with Crippen LogP contribution in [-0.4, -0.2) is 12.1 Å². The van der Waals surface area contributed by atoms with Crippen molar-refractivity contribution in [1.29, 1.82) is 5.41 Å². The number of carbonyl (C=O) groups is 1. The maximum atomic E-state index is 10.7. The predicted octanol–water partition coefficient (Wildman–Crippen LogP) is 0.986. The van der Waals surface area contributed by atoms with E-state index in [-0.39, 0.29) is 5.91 Å². The minimum Gasteiger partial charge on any atom is -0.322 e. The molecule has 0 spiro atoms. The molecule has 0 saturated heterocycles. The van der Waals surface area contributed by atoms with E-state index in [1.807, 2.05) is 18.2 Å². The lowest BCUT2D eigenvalue weighted by atomic mass is 10.1. The van der Waals surface area contributed by atoms with Gasteiger partial charge < -0.3 is 10.7 Å². The molecule has 11 heavy (non-hydrogen) atoms. The summed E-state index contributed by atoms with van der Waals surface area (Å²) < 4.78 is 0. The largest absolute Gasteiger partial charge is 0.322 e. The van der Waals surface area contributed by atoms with Crippen molar-refractivity contribution in [2.45, 2.75) is 12.8 Å². The quantitative estimate of drug-likeness (QED) is 0.566. The molecule has 0 aromatic heterocycles. The van der Waals surface area contributed by atoms with Gasteiger partial charge in [0.05, 0.1) is 6.21 Å². The Balaban J connectivity index is 2.48. The van der Waals surface area contributed by atoms with Gasteiger partial charge in [0.25, 0.3) is 5.91 Å². The van der Waals surface area contributed by atoms with Gasteiger partial charge in [-0.3, -0.25) is 4.79 Å². The van der Waals surface area contributed by atoms with E-state index in [1.165, 1.54) is 0 Å². The Kier molecular flexibility index (Phi) is 2.60. The molecule has 3 nitrogen and oxygen atoms in total. The molecule has 0 aliphatic heterocycles. The summed E-state index contributed by atoms with van der Waals surface area (Å²) in [5.74, 6) is -0.372. The predicted molar refractivity (Wildman–Crippen MR) is 43.4 cm³/mol. The fourth-order valence-electron chi connectivity index (χ4n) is 0.884. The first-order valence-corrected chi connectivity index (χ1v) is 3.51. The zero-order chi connectivity index (χ0) is 8.10. The zero-order valence-corrected chi connectivity index (χ0v) is 6.13. The Morgan fingerprint density at radius 2 is 2.45 bits per heavy atom. The maximum Gasteiger partial charge on any atom is 0.266 e. The van der Waals surface area contributed by atoms with Crippen molar-refractivity contribution in [3.8, 4) is 0 Å². The number of hydrogen-bond donors (Lipinski definition) is 2. The van der Waals surface area contributed by atoms with Crippen LogP contribution in [0.3, 0.4) is 0 Å². The van der Waals surface area contributed by atoms with E-state index in [2.05, 4.69) is 5.32 Å². The smallest absolute Gasteiger partial charge is 0.266 e. The van der Waals surface area contributed by atoms with E-state index < -0.39 is 0 Å². The molecular formula is C8H10N2O. The molecule has 0 aromatic carbocycles. The fourth-order valence-corrected chi connectivity index (χ4v) is 0.884. The van der Waals surface area contributed by atoms with Crippen LogP contribution in [0.15, 0.2) is 23.9 Å². The molecule has 0 saturated carbocycles. The Bertz CT molecular complexity index is 228. The Labute approximate surface area is 65.3 Å². The van der Waals surface area contributed by atoms with Gasteiger partial charge in [-0.25, -0.2) is 0 Å². The Hall–Kier alpha value is -1.38. The summed E-state index contributed by atoms with van der Waals surface area (Å²) in [5.41, 5.74) is 0.796. The summed E-state index contributed by atoms with van der Waals surface area (Å²) >= 11 is 0. The molecule has 2 N–H and O–H groups in total. The summed E-state index contributed by atoms with van der Waals surface area (Å²) in [5, 5.41) is 9.20. The van der Waals surface area contributed by atoms with E-state index in [1.54, 1.807) is 0 Å². The standard InChI is InChI=1S/C8H10N2O/c9-6-8(11)10-7-4-2-1-3-5-7/h2,4-6,9H,1,3H2,(H,10,11). The molecule has 0 fully saturated rings. The van der Waals surface area contributed by atoms with Crippen molar-refractivity contribution < 1.29 is 4.79 Å². The molecule has 0 unspecified atom stereocenters. The Morgan fingerprint density at radius 3 is 3.00 bits per heavy atom. The van der Waals surface area contributed by atoms with Gasteiger partial charge >= 0.3 is 0 Å². The number of nitrogens with one attached hydrogen (secondary N) is 2. The highest BCUT2D eigenvalue weighted by Gasteiger charge is 1.99. The van der Waals surface area contributed by atoms with Crippen LogP contribution in [0.4, 0.5) is 0 Å². The van der Waals surface area contributed by atoms with Crippen LogP contribution in [0, 0.1) is 5.41 Å². The van der Waals surface area contributed by atoms with Crippen molar-refractivity contribution in [2.75, 3.05) is 0 Å². The van der Waals surface area contributed by atoms with Crippen LogP contribution in [0.25, 0.3) is 0 Å². The van der Waals surface area contributed by atoms with Crippen LogP contribution in [0.5, 0.6) is 0 Å². The second-order valence-corrected chi connectivity index (χ2v) is 2.27.